The summed E-state index contributed by atoms with van der Waals surface area (Å²) in [5.41, 5.74) is 2.60. The molecule has 0 saturated carbocycles. The van der Waals surface area contributed by atoms with Crippen LogP contribution >= 0.6 is 23.6 Å². The van der Waals surface area contributed by atoms with Crippen molar-refractivity contribution in [3.05, 3.63) is 42.5 Å². The number of fused-ring (bicyclic) bond motifs is 1. The standard InChI is InChI=1S/C18H17N3O2S2/c1-3-16(22)21-18(24)20-13-10-11(8-9-14(13)23-2)17-19-12-6-4-5-7-15(12)25-17/h4-10H,3H2,1-2H3,(H2,20,21,22,24). The molecular weight excluding hydrogens is 354 g/mol. The maximum Gasteiger partial charge on any atom is 0.225 e. The van der Waals surface area contributed by atoms with Crippen LogP contribution in [-0.2, 0) is 4.79 Å². The zero-order valence-corrected chi connectivity index (χ0v) is 15.5. The van der Waals surface area contributed by atoms with Crippen LogP contribution in [0.25, 0.3) is 20.8 Å². The van der Waals surface area contributed by atoms with Gasteiger partial charge in [0.15, 0.2) is 5.11 Å². The Kier molecular flexibility index (Phi) is 5.25. The Hall–Kier alpha value is -2.51. The van der Waals surface area contributed by atoms with Crippen molar-refractivity contribution < 1.29 is 9.53 Å². The maximum absolute atomic E-state index is 11.5. The lowest BCUT2D eigenvalue weighted by molar-refractivity contribution is -0.119. The zero-order chi connectivity index (χ0) is 17.8. The molecule has 0 bridgehead atoms. The highest BCUT2D eigenvalue weighted by Crippen LogP contribution is 2.34. The molecule has 7 heteroatoms. The molecule has 0 spiro atoms. The lowest BCUT2D eigenvalue weighted by Crippen LogP contribution is -2.33. The summed E-state index contributed by atoms with van der Waals surface area (Å²) in [4.78, 5) is 16.1. The van der Waals surface area contributed by atoms with Gasteiger partial charge in [-0.1, -0.05) is 19.1 Å². The molecule has 3 rings (SSSR count). The number of thiocarbonyl (C=S) groups is 1. The Balaban J connectivity index is 1.91. The number of nitrogens with zero attached hydrogens (tertiary/aromatic N) is 1. The van der Waals surface area contributed by atoms with Crippen LogP contribution in [-0.4, -0.2) is 23.1 Å². The molecular formula is C18H17N3O2S2. The maximum atomic E-state index is 11.5. The van der Waals surface area contributed by atoms with E-state index in [0.29, 0.717) is 17.9 Å². The molecule has 0 radical (unpaired) electrons. The van der Waals surface area contributed by atoms with E-state index in [1.165, 1.54) is 0 Å². The number of nitrogens with one attached hydrogen (secondary N) is 2. The number of methoxy groups -OCH3 is 1. The number of hydrogen-bond acceptors (Lipinski definition) is 5. The first-order valence-corrected chi connectivity index (χ1v) is 8.98. The predicted octanol–water partition coefficient (Wildman–Crippen LogP) is 4.19. The molecule has 2 aromatic carbocycles. The first kappa shape index (κ1) is 17.3. The van der Waals surface area contributed by atoms with Gasteiger partial charge >= 0.3 is 0 Å². The second-order valence-corrected chi connectivity index (χ2v) is 6.70. The molecule has 0 unspecified atom stereocenters. The Morgan fingerprint density at radius 3 is 2.80 bits per heavy atom. The molecule has 0 atom stereocenters. The summed E-state index contributed by atoms with van der Waals surface area (Å²) < 4.78 is 6.51. The van der Waals surface area contributed by atoms with Crippen molar-refractivity contribution in [3.8, 4) is 16.3 Å². The first-order chi connectivity index (χ1) is 12.1. The topological polar surface area (TPSA) is 63.2 Å². The summed E-state index contributed by atoms with van der Waals surface area (Å²) in [6.45, 7) is 1.77. The van der Waals surface area contributed by atoms with Crippen molar-refractivity contribution in [2.45, 2.75) is 13.3 Å². The van der Waals surface area contributed by atoms with Gasteiger partial charge in [0.2, 0.25) is 5.91 Å². The minimum atomic E-state index is -0.140. The van der Waals surface area contributed by atoms with Crippen LogP contribution in [0.5, 0.6) is 5.75 Å². The summed E-state index contributed by atoms with van der Waals surface area (Å²) in [5, 5.41) is 6.80. The second-order valence-electron chi connectivity index (χ2n) is 5.26. The minimum absolute atomic E-state index is 0.140. The SMILES string of the molecule is CCC(=O)NC(=S)Nc1cc(-c2nc3ccccc3s2)ccc1OC. The van der Waals surface area contributed by atoms with Gasteiger partial charge in [0.25, 0.3) is 0 Å². The van der Waals surface area contributed by atoms with Crippen LogP contribution in [0.15, 0.2) is 42.5 Å². The predicted molar refractivity (Wildman–Crippen MR) is 106 cm³/mol. The third-order valence-electron chi connectivity index (χ3n) is 3.56. The summed E-state index contributed by atoms with van der Waals surface area (Å²) in [6, 6.07) is 13.7. The molecule has 1 amide bonds. The number of amides is 1. The summed E-state index contributed by atoms with van der Waals surface area (Å²) in [7, 11) is 1.59. The lowest BCUT2D eigenvalue weighted by atomic mass is 10.2. The highest BCUT2D eigenvalue weighted by Gasteiger charge is 2.11. The van der Waals surface area contributed by atoms with Crippen molar-refractivity contribution in [1.29, 1.82) is 0 Å². The number of benzene rings is 2. The van der Waals surface area contributed by atoms with Gasteiger partial charge in [-0.3, -0.25) is 4.79 Å². The highest BCUT2D eigenvalue weighted by molar-refractivity contribution is 7.80. The molecule has 3 aromatic rings. The number of para-hydroxylation sites is 1. The first-order valence-electron chi connectivity index (χ1n) is 7.75. The molecule has 2 N–H and O–H groups in total. The molecule has 0 fully saturated rings. The van der Waals surface area contributed by atoms with Crippen LogP contribution in [0.1, 0.15) is 13.3 Å². The fourth-order valence-electron chi connectivity index (χ4n) is 2.30. The molecule has 0 aliphatic rings. The Labute approximate surface area is 155 Å². The minimum Gasteiger partial charge on any atom is -0.495 e. The fraction of sp³-hybridized carbons (Fsp3) is 0.167. The third kappa shape index (κ3) is 3.94. The van der Waals surface area contributed by atoms with Crippen LogP contribution in [0.4, 0.5) is 5.69 Å². The number of thiazole rings is 1. The monoisotopic (exact) mass is 371 g/mol. The number of ether oxygens (including phenoxy) is 1. The van der Waals surface area contributed by atoms with E-state index in [2.05, 4.69) is 21.7 Å². The van der Waals surface area contributed by atoms with E-state index in [1.54, 1.807) is 25.4 Å². The Morgan fingerprint density at radius 1 is 1.28 bits per heavy atom. The molecule has 128 valence electrons. The van der Waals surface area contributed by atoms with Crippen LogP contribution in [0, 0.1) is 0 Å². The van der Waals surface area contributed by atoms with Crippen molar-refractivity contribution in [3.63, 3.8) is 0 Å². The van der Waals surface area contributed by atoms with Gasteiger partial charge in [-0.25, -0.2) is 4.98 Å². The zero-order valence-electron chi connectivity index (χ0n) is 13.8. The normalized spacial score (nSPS) is 10.5. The fourth-order valence-corrected chi connectivity index (χ4v) is 3.49. The number of aromatic nitrogens is 1. The lowest BCUT2D eigenvalue weighted by Gasteiger charge is -2.13. The van der Waals surface area contributed by atoms with Crippen LogP contribution in [0.3, 0.4) is 0 Å². The van der Waals surface area contributed by atoms with Crippen molar-refractivity contribution in [1.82, 2.24) is 10.3 Å². The molecule has 5 nitrogen and oxygen atoms in total. The number of carbonyl (C=O) groups is 1. The van der Waals surface area contributed by atoms with E-state index in [-0.39, 0.29) is 11.0 Å². The van der Waals surface area contributed by atoms with E-state index < -0.39 is 0 Å². The van der Waals surface area contributed by atoms with E-state index in [1.807, 2.05) is 36.4 Å². The van der Waals surface area contributed by atoms with Crippen LogP contribution < -0.4 is 15.4 Å². The van der Waals surface area contributed by atoms with Crippen molar-refractivity contribution >= 4 is 50.5 Å². The summed E-state index contributed by atoms with van der Waals surface area (Å²) in [6.07, 6.45) is 0.366. The Morgan fingerprint density at radius 2 is 2.08 bits per heavy atom. The van der Waals surface area contributed by atoms with Gasteiger partial charge in [-0.2, -0.15) is 0 Å². The van der Waals surface area contributed by atoms with Gasteiger partial charge in [-0.05, 0) is 42.5 Å². The van der Waals surface area contributed by atoms with Gasteiger partial charge in [0, 0.05) is 12.0 Å². The summed E-state index contributed by atoms with van der Waals surface area (Å²) >= 11 is 6.81. The van der Waals surface area contributed by atoms with E-state index >= 15 is 0 Å². The second kappa shape index (κ2) is 7.58. The number of carbonyl (C=O) groups excluding carboxylic acids is 1. The molecule has 0 aliphatic heterocycles. The molecule has 25 heavy (non-hydrogen) atoms. The Bertz CT molecular complexity index is 904. The van der Waals surface area contributed by atoms with Gasteiger partial charge < -0.3 is 15.4 Å². The molecule has 1 aromatic heterocycles. The number of hydrogen-bond donors (Lipinski definition) is 2. The van der Waals surface area contributed by atoms with Gasteiger partial charge in [0.1, 0.15) is 10.8 Å². The van der Waals surface area contributed by atoms with Crippen LogP contribution in [0.2, 0.25) is 0 Å². The number of anilines is 1. The highest BCUT2D eigenvalue weighted by atomic mass is 32.1. The van der Waals surface area contributed by atoms with E-state index in [4.69, 9.17) is 17.0 Å². The van der Waals surface area contributed by atoms with Crippen molar-refractivity contribution in [2.75, 3.05) is 12.4 Å². The average molecular weight is 371 g/mol. The van der Waals surface area contributed by atoms with Gasteiger partial charge in [-0.15, -0.1) is 11.3 Å². The molecule has 0 aliphatic carbocycles. The average Bonchev–Trinajstić information content (AvgIpc) is 3.05. The summed E-state index contributed by atoms with van der Waals surface area (Å²) in [5.74, 6) is 0.497. The molecule has 1 heterocycles. The molecule has 0 saturated heterocycles. The smallest absolute Gasteiger partial charge is 0.225 e. The number of rotatable bonds is 4. The quantitative estimate of drug-likeness (QED) is 0.673. The van der Waals surface area contributed by atoms with E-state index in [0.717, 1.165) is 20.8 Å². The van der Waals surface area contributed by atoms with E-state index in [9.17, 15) is 4.79 Å². The third-order valence-corrected chi connectivity index (χ3v) is 4.85. The van der Waals surface area contributed by atoms with Gasteiger partial charge in [0.05, 0.1) is 23.0 Å². The largest absolute Gasteiger partial charge is 0.495 e. The van der Waals surface area contributed by atoms with Crippen molar-refractivity contribution in [2.24, 2.45) is 0 Å².